The number of ketones is 1. The van der Waals surface area contributed by atoms with E-state index in [1.54, 1.807) is 36.4 Å². The largest absolute Gasteiger partial charge is 0.397 e. The molecule has 0 aliphatic carbocycles. The Balaban J connectivity index is 1.75. The number of benzene rings is 3. The molecule has 4 N–H and O–H groups in total. The first-order valence-electron chi connectivity index (χ1n) is 9.34. The van der Waals surface area contributed by atoms with Crippen LogP contribution in [0.3, 0.4) is 0 Å². The summed E-state index contributed by atoms with van der Waals surface area (Å²) < 4.78 is 0. The topological polar surface area (TPSA) is 84.2 Å². The van der Waals surface area contributed by atoms with Gasteiger partial charge in [-0.1, -0.05) is 66.7 Å². The lowest BCUT2D eigenvalue weighted by Gasteiger charge is -2.09. The van der Waals surface area contributed by atoms with Gasteiger partial charge in [0.15, 0.2) is 0 Å². The molecule has 0 fully saturated rings. The minimum absolute atomic E-state index is 0.167. The van der Waals surface area contributed by atoms with Gasteiger partial charge in [-0.2, -0.15) is 0 Å². The van der Waals surface area contributed by atoms with Crippen LogP contribution in [0.4, 0.5) is 22.1 Å². The number of amides is 1. The van der Waals surface area contributed by atoms with Gasteiger partial charge < -0.3 is 16.4 Å². The molecule has 0 atom stereocenters. The number of nitrogen functional groups attached to an aromatic ring is 1. The van der Waals surface area contributed by atoms with E-state index in [9.17, 15) is 9.59 Å². The first-order chi connectivity index (χ1) is 14.6. The number of thiophene rings is 1. The van der Waals surface area contributed by atoms with Crippen molar-refractivity contribution in [3.63, 3.8) is 0 Å². The molecule has 0 saturated carbocycles. The number of rotatable bonds is 6. The number of anilines is 4. The molecule has 0 bridgehead atoms. The molecule has 0 radical (unpaired) electrons. The number of hydrogen-bond donors (Lipinski definition) is 3. The molecule has 0 spiro atoms. The summed E-state index contributed by atoms with van der Waals surface area (Å²) in [4.78, 5) is 26.5. The molecule has 4 rings (SSSR count). The first kappa shape index (κ1) is 19.4. The summed E-state index contributed by atoms with van der Waals surface area (Å²) in [6, 6.07) is 27.5. The Labute approximate surface area is 178 Å². The average molecular weight is 414 g/mol. The third-order valence-electron chi connectivity index (χ3n) is 4.48. The summed E-state index contributed by atoms with van der Waals surface area (Å²) in [6.07, 6.45) is 0. The summed E-state index contributed by atoms with van der Waals surface area (Å²) >= 11 is 1.18. The Morgan fingerprint density at radius 3 is 1.87 bits per heavy atom. The average Bonchev–Trinajstić information content (AvgIpc) is 3.11. The number of nitrogens with two attached hydrogens (primary N) is 1. The maximum Gasteiger partial charge on any atom is 0.260 e. The van der Waals surface area contributed by atoms with Gasteiger partial charge in [0.05, 0.1) is 11.3 Å². The molecule has 148 valence electrons. The van der Waals surface area contributed by atoms with E-state index in [4.69, 9.17) is 5.73 Å². The molecule has 0 unspecified atom stereocenters. The zero-order valence-electron chi connectivity index (χ0n) is 16.0. The van der Waals surface area contributed by atoms with Crippen molar-refractivity contribution in [2.45, 2.75) is 0 Å². The highest BCUT2D eigenvalue weighted by Crippen LogP contribution is 2.39. The van der Waals surface area contributed by atoms with Gasteiger partial charge in [0.2, 0.25) is 5.78 Å². The molecule has 1 heterocycles. The quantitative estimate of drug-likeness (QED) is 0.362. The monoisotopic (exact) mass is 413 g/mol. The van der Waals surface area contributed by atoms with Crippen LogP contribution in [0.15, 0.2) is 91.0 Å². The van der Waals surface area contributed by atoms with E-state index in [0.29, 0.717) is 21.1 Å². The van der Waals surface area contributed by atoms with E-state index in [0.717, 1.165) is 5.69 Å². The fourth-order valence-corrected chi connectivity index (χ4v) is 4.11. The molecule has 5 nitrogen and oxygen atoms in total. The van der Waals surface area contributed by atoms with E-state index >= 15 is 0 Å². The Bertz CT molecular complexity index is 1170. The van der Waals surface area contributed by atoms with Crippen LogP contribution in [0.25, 0.3) is 0 Å². The summed E-state index contributed by atoms with van der Waals surface area (Å²) in [6.45, 7) is 0. The SMILES string of the molecule is Nc1c(C(=O)c2ccccc2)sc(Nc2ccccc2)c1C(=O)Nc1ccccc1. The normalized spacial score (nSPS) is 10.4. The highest BCUT2D eigenvalue weighted by atomic mass is 32.1. The molecule has 3 aromatic carbocycles. The Morgan fingerprint density at radius 2 is 1.27 bits per heavy atom. The Morgan fingerprint density at radius 1 is 0.733 bits per heavy atom. The molecule has 4 aromatic rings. The maximum atomic E-state index is 13.1. The van der Waals surface area contributed by atoms with E-state index in [2.05, 4.69) is 10.6 Å². The van der Waals surface area contributed by atoms with Crippen molar-refractivity contribution in [1.29, 1.82) is 0 Å². The predicted octanol–water partition coefficient (Wildman–Crippen LogP) is 5.56. The molecule has 0 saturated heterocycles. The van der Waals surface area contributed by atoms with E-state index in [1.165, 1.54) is 11.3 Å². The van der Waals surface area contributed by atoms with Crippen LogP contribution in [0.2, 0.25) is 0 Å². The second-order valence-corrected chi connectivity index (χ2v) is 7.58. The van der Waals surface area contributed by atoms with Gasteiger partial charge in [0.1, 0.15) is 9.88 Å². The summed E-state index contributed by atoms with van der Waals surface area (Å²) in [5.74, 6) is -0.589. The van der Waals surface area contributed by atoms with Crippen LogP contribution in [-0.2, 0) is 0 Å². The lowest BCUT2D eigenvalue weighted by Crippen LogP contribution is -2.15. The van der Waals surface area contributed by atoms with Crippen molar-refractivity contribution in [1.82, 2.24) is 0 Å². The van der Waals surface area contributed by atoms with Crippen molar-refractivity contribution in [3.05, 3.63) is 107 Å². The van der Waals surface area contributed by atoms with E-state index in [1.807, 2.05) is 54.6 Å². The summed E-state index contributed by atoms with van der Waals surface area (Å²) in [5, 5.41) is 6.61. The lowest BCUT2D eigenvalue weighted by atomic mass is 10.1. The number of carbonyl (C=O) groups excluding carboxylic acids is 2. The van der Waals surface area contributed by atoms with Crippen LogP contribution in [0.1, 0.15) is 25.6 Å². The Hall–Kier alpha value is -3.90. The lowest BCUT2D eigenvalue weighted by molar-refractivity contribution is 0.102. The number of para-hydroxylation sites is 2. The summed E-state index contributed by atoms with van der Waals surface area (Å²) in [7, 11) is 0. The third-order valence-corrected chi connectivity index (χ3v) is 5.60. The van der Waals surface area contributed by atoms with Crippen molar-refractivity contribution in [2.75, 3.05) is 16.4 Å². The fraction of sp³-hybridized carbons (Fsp3) is 0. The standard InChI is InChI=1S/C24H19N3O2S/c25-20-19(23(29)26-17-12-6-2-7-13-17)24(27-18-14-8-3-9-15-18)30-22(20)21(28)16-10-4-1-5-11-16/h1-15,27H,25H2,(H,26,29). The fourth-order valence-electron chi connectivity index (χ4n) is 3.01. The van der Waals surface area contributed by atoms with Crippen LogP contribution in [0.5, 0.6) is 0 Å². The summed E-state index contributed by atoms with van der Waals surface area (Å²) in [5.41, 5.74) is 8.73. The van der Waals surface area contributed by atoms with E-state index < -0.39 is 0 Å². The zero-order valence-corrected chi connectivity index (χ0v) is 16.8. The minimum atomic E-state index is -0.375. The molecule has 1 aromatic heterocycles. The van der Waals surface area contributed by atoms with Gasteiger partial charge in [0, 0.05) is 16.9 Å². The molecule has 6 heteroatoms. The van der Waals surface area contributed by atoms with Crippen LogP contribution in [-0.4, -0.2) is 11.7 Å². The highest BCUT2D eigenvalue weighted by molar-refractivity contribution is 7.19. The molecule has 0 aliphatic heterocycles. The third kappa shape index (κ3) is 4.09. The highest BCUT2D eigenvalue weighted by Gasteiger charge is 2.26. The van der Waals surface area contributed by atoms with Crippen molar-refractivity contribution in [3.8, 4) is 0 Å². The second-order valence-electron chi connectivity index (χ2n) is 6.56. The molecule has 30 heavy (non-hydrogen) atoms. The second kappa shape index (κ2) is 8.63. The molecular weight excluding hydrogens is 394 g/mol. The van der Waals surface area contributed by atoms with Gasteiger partial charge >= 0.3 is 0 Å². The van der Waals surface area contributed by atoms with E-state index in [-0.39, 0.29) is 22.9 Å². The van der Waals surface area contributed by atoms with Crippen LogP contribution in [0, 0.1) is 0 Å². The first-order valence-corrected chi connectivity index (χ1v) is 10.2. The van der Waals surface area contributed by atoms with Gasteiger partial charge in [-0.25, -0.2) is 0 Å². The number of hydrogen-bond acceptors (Lipinski definition) is 5. The van der Waals surface area contributed by atoms with Crippen molar-refractivity contribution < 1.29 is 9.59 Å². The molecule has 1 amide bonds. The molecular formula is C24H19N3O2S. The van der Waals surface area contributed by atoms with Crippen LogP contribution >= 0.6 is 11.3 Å². The van der Waals surface area contributed by atoms with Gasteiger partial charge in [-0.15, -0.1) is 11.3 Å². The number of carbonyl (C=O) groups is 2. The predicted molar refractivity (Wildman–Crippen MR) is 123 cm³/mol. The van der Waals surface area contributed by atoms with Crippen molar-refractivity contribution in [2.24, 2.45) is 0 Å². The van der Waals surface area contributed by atoms with Crippen LogP contribution < -0.4 is 16.4 Å². The van der Waals surface area contributed by atoms with Gasteiger partial charge in [-0.3, -0.25) is 9.59 Å². The smallest absolute Gasteiger partial charge is 0.260 e. The minimum Gasteiger partial charge on any atom is -0.397 e. The van der Waals surface area contributed by atoms with Crippen molar-refractivity contribution >= 4 is 45.1 Å². The zero-order chi connectivity index (χ0) is 20.9. The maximum absolute atomic E-state index is 13.1. The molecule has 0 aliphatic rings. The Kier molecular flexibility index (Phi) is 5.59. The number of nitrogens with one attached hydrogen (secondary N) is 2. The van der Waals surface area contributed by atoms with Gasteiger partial charge in [0.25, 0.3) is 5.91 Å². The van der Waals surface area contributed by atoms with Gasteiger partial charge in [-0.05, 0) is 24.3 Å².